The molecule has 1 aromatic rings. The van der Waals surface area contributed by atoms with Crippen LogP contribution in [-0.2, 0) is 32.7 Å². The molecule has 1 rings (SSSR count). The van der Waals surface area contributed by atoms with Crippen molar-refractivity contribution < 1.29 is 42.6 Å². The summed E-state index contributed by atoms with van der Waals surface area (Å²) >= 11 is 0. The van der Waals surface area contributed by atoms with Crippen molar-refractivity contribution in [3.8, 4) is 0 Å². The zero-order valence-corrected chi connectivity index (χ0v) is 9.00. The van der Waals surface area contributed by atoms with E-state index in [1.165, 1.54) is 0 Å². The molecule has 0 atom stereocenters. The first kappa shape index (κ1) is 10.8. The van der Waals surface area contributed by atoms with E-state index in [0.29, 0.717) is 0 Å². The van der Waals surface area contributed by atoms with Crippen LogP contribution in [0, 0.1) is 13.0 Å². The summed E-state index contributed by atoms with van der Waals surface area (Å²) in [6, 6.07) is 7.75. The molecule has 1 N–H and O–H groups in total. The summed E-state index contributed by atoms with van der Waals surface area (Å²) in [6.45, 7) is 1.75. The summed E-state index contributed by atoms with van der Waals surface area (Å²) in [5.41, 5.74) is 0.998. The fourth-order valence-corrected chi connectivity index (χ4v) is 0.751. The van der Waals surface area contributed by atoms with Gasteiger partial charge in [-0.25, -0.2) is 0 Å². The fraction of sp³-hybridized carbons (Fsp3) is 0.125. The molecular formula is C8H7O2Y-. The van der Waals surface area contributed by atoms with E-state index in [0.717, 1.165) is 5.56 Å². The largest absolute Gasteiger partial charge is 0.521 e. The molecule has 3 heteroatoms. The molecule has 0 aliphatic heterocycles. The average molecular weight is 224 g/mol. The number of carboxylic acids is 1. The quantitative estimate of drug-likeness (QED) is 0.733. The zero-order chi connectivity index (χ0) is 7.56. The molecule has 0 bridgehead atoms. The van der Waals surface area contributed by atoms with E-state index < -0.39 is 5.97 Å². The van der Waals surface area contributed by atoms with Gasteiger partial charge in [-0.15, -0.1) is 29.8 Å². The summed E-state index contributed by atoms with van der Waals surface area (Å²) < 4.78 is 0. The number of carboxylic acid groups (broad SMARTS) is 1. The number of carbonyl (C=O) groups is 1. The molecule has 0 heterocycles. The Labute approximate surface area is 90.5 Å². The van der Waals surface area contributed by atoms with Crippen molar-refractivity contribution >= 4 is 5.97 Å². The summed E-state index contributed by atoms with van der Waals surface area (Å²) in [7, 11) is 0. The number of benzene rings is 1. The number of hydrogen-bond acceptors (Lipinski definition) is 1. The van der Waals surface area contributed by atoms with Crippen molar-refractivity contribution in [3.63, 3.8) is 0 Å². The minimum absolute atomic E-state index is 0. The van der Waals surface area contributed by atoms with Gasteiger partial charge in [0.1, 0.15) is 0 Å². The molecule has 0 saturated carbocycles. The molecule has 55 valence electrons. The molecule has 0 fully saturated rings. The first-order valence-corrected chi connectivity index (χ1v) is 2.92. The Hall–Kier alpha value is -0.206. The monoisotopic (exact) mass is 224 g/mol. The zero-order valence-electron chi connectivity index (χ0n) is 6.16. The minimum Gasteiger partial charge on any atom is -0.521 e. The second kappa shape index (κ2) is 4.63. The predicted molar refractivity (Wildman–Crippen MR) is 37.0 cm³/mol. The van der Waals surface area contributed by atoms with Crippen LogP contribution in [0.4, 0.5) is 0 Å². The molecule has 1 aromatic carbocycles. The van der Waals surface area contributed by atoms with Gasteiger partial charge in [-0.2, -0.15) is 0 Å². The van der Waals surface area contributed by atoms with Crippen molar-refractivity contribution in [3.05, 3.63) is 35.4 Å². The van der Waals surface area contributed by atoms with E-state index in [-0.39, 0.29) is 38.3 Å². The first-order chi connectivity index (χ1) is 4.72. The first-order valence-electron chi connectivity index (χ1n) is 2.92. The van der Waals surface area contributed by atoms with Gasteiger partial charge in [0.15, 0.2) is 0 Å². The Morgan fingerprint density at radius 2 is 2.27 bits per heavy atom. The maximum Gasteiger partial charge on any atom is 0.247 e. The topological polar surface area (TPSA) is 37.3 Å². The maximum absolute atomic E-state index is 10.4. The molecule has 0 unspecified atom stereocenters. The van der Waals surface area contributed by atoms with E-state index in [4.69, 9.17) is 5.11 Å². The molecule has 11 heavy (non-hydrogen) atoms. The van der Waals surface area contributed by atoms with Crippen molar-refractivity contribution in [1.29, 1.82) is 0 Å². The second-order valence-corrected chi connectivity index (χ2v) is 2.03. The van der Waals surface area contributed by atoms with Gasteiger partial charge in [0.2, 0.25) is 5.97 Å². The predicted octanol–water partition coefficient (Wildman–Crippen LogP) is 1.49. The third kappa shape index (κ3) is 2.72. The average Bonchev–Trinajstić information content (AvgIpc) is 1.88. The molecule has 0 saturated heterocycles. The van der Waals surface area contributed by atoms with Gasteiger partial charge in [-0.05, 0) is 0 Å². The second-order valence-electron chi connectivity index (χ2n) is 2.03. The molecule has 2 nitrogen and oxygen atoms in total. The van der Waals surface area contributed by atoms with E-state index >= 15 is 0 Å². The van der Waals surface area contributed by atoms with Crippen LogP contribution >= 0.6 is 0 Å². The summed E-state index contributed by atoms with van der Waals surface area (Å²) in [5.74, 6) is -0.918. The minimum atomic E-state index is -0.918. The summed E-state index contributed by atoms with van der Waals surface area (Å²) in [6.07, 6.45) is 0. The molecule has 0 aliphatic rings. The van der Waals surface area contributed by atoms with E-state index in [1.54, 1.807) is 25.1 Å². The number of aromatic carboxylic acids is 1. The van der Waals surface area contributed by atoms with Crippen LogP contribution in [0.15, 0.2) is 18.2 Å². The van der Waals surface area contributed by atoms with E-state index in [9.17, 15) is 4.79 Å². The van der Waals surface area contributed by atoms with Crippen molar-refractivity contribution in [2.45, 2.75) is 6.92 Å². The summed E-state index contributed by atoms with van der Waals surface area (Å²) in [4.78, 5) is 10.4. The fourth-order valence-electron chi connectivity index (χ4n) is 0.751. The smallest absolute Gasteiger partial charge is 0.247 e. The van der Waals surface area contributed by atoms with Gasteiger partial charge in [0.05, 0.1) is 0 Å². The van der Waals surface area contributed by atoms with Crippen molar-refractivity contribution in [2.24, 2.45) is 0 Å². The third-order valence-corrected chi connectivity index (χ3v) is 1.28. The number of aryl methyl sites for hydroxylation is 1. The molecular weight excluding hydrogens is 217 g/mol. The van der Waals surface area contributed by atoms with Crippen LogP contribution in [0.1, 0.15) is 15.9 Å². The Kier molecular flexibility index (Phi) is 4.54. The molecule has 0 aromatic heterocycles. The molecule has 0 spiro atoms. The van der Waals surface area contributed by atoms with E-state index in [2.05, 4.69) is 6.07 Å². The van der Waals surface area contributed by atoms with Crippen molar-refractivity contribution in [2.75, 3.05) is 0 Å². The normalized spacial score (nSPS) is 8.45. The Morgan fingerprint density at radius 1 is 1.64 bits per heavy atom. The van der Waals surface area contributed by atoms with Crippen LogP contribution in [0.3, 0.4) is 0 Å². The Balaban J connectivity index is 0.000001000. The number of rotatable bonds is 1. The Morgan fingerprint density at radius 3 is 2.64 bits per heavy atom. The summed E-state index contributed by atoms with van der Waals surface area (Å²) in [5, 5.41) is 8.53. The van der Waals surface area contributed by atoms with Crippen LogP contribution in [0.25, 0.3) is 0 Å². The van der Waals surface area contributed by atoms with Gasteiger partial charge >= 0.3 is 0 Å². The molecule has 0 aliphatic carbocycles. The SMILES string of the molecule is Cc1ccc[c-]c1C(=O)O.[Y]. The van der Waals surface area contributed by atoms with Crippen LogP contribution in [-0.4, -0.2) is 11.1 Å². The van der Waals surface area contributed by atoms with Gasteiger partial charge in [-0.3, -0.25) is 0 Å². The van der Waals surface area contributed by atoms with Crippen LogP contribution in [0.2, 0.25) is 0 Å². The number of hydrogen-bond donors (Lipinski definition) is 1. The third-order valence-electron chi connectivity index (χ3n) is 1.28. The van der Waals surface area contributed by atoms with Gasteiger partial charge in [-0.1, -0.05) is 12.5 Å². The van der Waals surface area contributed by atoms with Crippen LogP contribution < -0.4 is 0 Å². The van der Waals surface area contributed by atoms with Crippen LogP contribution in [0.5, 0.6) is 0 Å². The molecule has 1 radical (unpaired) electrons. The van der Waals surface area contributed by atoms with Gasteiger partial charge in [0.25, 0.3) is 0 Å². The Bertz CT molecular complexity index is 258. The van der Waals surface area contributed by atoms with E-state index in [1.807, 2.05) is 0 Å². The van der Waals surface area contributed by atoms with Gasteiger partial charge < -0.3 is 9.90 Å². The standard InChI is InChI=1S/C8H7O2.Y/c1-6-4-2-3-5-7(6)8(9)10;/h2-4H,1H3,(H,9,10);/q-1;. The maximum atomic E-state index is 10.4. The van der Waals surface area contributed by atoms with Gasteiger partial charge in [0, 0.05) is 32.7 Å². The van der Waals surface area contributed by atoms with Crippen molar-refractivity contribution in [1.82, 2.24) is 0 Å². The molecule has 0 amide bonds.